The average molecular weight is 479 g/mol. The van der Waals surface area contributed by atoms with Crippen molar-refractivity contribution in [3.8, 4) is 5.75 Å². The van der Waals surface area contributed by atoms with Gasteiger partial charge in [-0.25, -0.2) is 0 Å². The van der Waals surface area contributed by atoms with Crippen LogP contribution in [0.5, 0.6) is 5.75 Å². The van der Waals surface area contributed by atoms with Crippen molar-refractivity contribution in [1.29, 1.82) is 0 Å². The Kier molecular flexibility index (Phi) is 7.98. The van der Waals surface area contributed by atoms with Crippen molar-refractivity contribution in [1.82, 2.24) is 15.1 Å². The molecule has 3 aliphatic rings. The van der Waals surface area contributed by atoms with Gasteiger partial charge in [0.2, 0.25) is 0 Å². The van der Waals surface area contributed by atoms with Crippen LogP contribution in [0.2, 0.25) is 5.02 Å². The van der Waals surface area contributed by atoms with Crippen LogP contribution < -0.4 is 15.8 Å². The Hall–Kier alpha value is -2.03. The first-order chi connectivity index (χ1) is 15.9. The van der Waals surface area contributed by atoms with E-state index < -0.39 is 0 Å². The first-order valence-electron chi connectivity index (χ1n) is 12.0. The van der Waals surface area contributed by atoms with Gasteiger partial charge in [0.25, 0.3) is 11.8 Å². The number of nitrogens with one attached hydrogen (secondary N) is 1. The second kappa shape index (κ2) is 10.9. The molecule has 3 fully saturated rings. The number of hydrogen-bond acceptors (Lipinski definition) is 6. The maximum Gasteiger partial charge on any atom is 0.255 e. The number of rotatable bonds is 6. The molecule has 0 unspecified atom stereocenters. The van der Waals surface area contributed by atoms with Crippen LogP contribution in [0.4, 0.5) is 5.69 Å². The molecule has 3 aliphatic heterocycles. The fourth-order valence-electron chi connectivity index (χ4n) is 5.12. The summed E-state index contributed by atoms with van der Waals surface area (Å²) < 4.78 is 10.9. The molecule has 0 bridgehead atoms. The molecule has 3 saturated heterocycles. The average Bonchev–Trinajstić information content (AvgIpc) is 3.37. The fourth-order valence-corrected chi connectivity index (χ4v) is 5.28. The van der Waals surface area contributed by atoms with Crippen molar-refractivity contribution in [2.45, 2.75) is 50.7 Å². The van der Waals surface area contributed by atoms with Crippen LogP contribution in [-0.2, 0) is 9.53 Å². The SMILES string of the molecule is COc1cc(N)c(Cl)cc1C(=O)NC1CCN(CC2CCN(C(=O)[C@H]3CCCO3)CC2)CC1. The minimum atomic E-state index is -0.208. The number of likely N-dealkylation sites (tertiary alicyclic amines) is 2. The van der Waals surface area contributed by atoms with Crippen molar-refractivity contribution in [3.63, 3.8) is 0 Å². The number of carbonyl (C=O) groups is 2. The molecule has 0 saturated carbocycles. The first kappa shape index (κ1) is 24.1. The van der Waals surface area contributed by atoms with E-state index >= 15 is 0 Å². The summed E-state index contributed by atoms with van der Waals surface area (Å²) in [6, 6.07) is 3.27. The summed E-state index contributed by atoms with van der Waals surface area (Å²) in [5.41, 5.74) is 6.61. The van der Waals surface area contributed by atoms with Gasteiger partial charge in [-0.15, -0.1) is 0 Å². The number of methoxy groups -OCH3 is 1. The molecular formula is C24H35ClN4O4. The number of ether oxygens (including phenoxy) is 2. The minimum absolute atomic E-state index is 0.126. The number of halogens is 1. The Morgan fingerprint density at radius 1 is 1.15 bits per heavy atom. The third-order valence-electron chi connectivity index (χ3n) is 7.13. The van der Waals surface area contributed by atoms with Gasteiger partial charge in [-0.05, 0) is 50.5 Å². The van der Waals surface area contributed by atoms with E-state index in [0.717, 1.165) is 71.2 Å². The molecule has 0 radical (unpaired) electrons. The van der Waals surface area contributed by atoms with Crippen LogP contribution in [0.15, 0.2) is 12.1 Å². The standard InChI is InChI=1S/C24H35ClN4O4/c1-32-22-14-20(26)19(25)13-18(22)23(30)27-17-6-8-28(9-7-17)15-16-4-10-29(11-5-16)24(31)21-3-2-12-33-21/h13-14,16-17,21H,2-12,15,26H2,1H3,(H,27,30)/t21-/m1/s1. The third kappa shape index (κ3) is 5.91. The zero-order chi connectivity index (χ0) is 23.4. The number of benzene rings is 1. The fraction of sp³-hybridized carbons (Fsp3) is 0.667. The maximum atomic E-state index is 12.8. The van der Waals surface area contributed by atoms with E-state index in [1.807, 2.05) is 4.90 Å². The minimum Gasteiger partial charge on any atom is -0.496 e. The second-order valence-electron chi connectivity index (χ2n) is 9.39. The van der Waals surface area contributed by atoms with Gasteiger partial charge in [0.05, 0.1) is 23.4 Å². The smallest absolute Gasteiger partial charge is 0.255 e. The molecular weight excluding hydrogens is 444 g/mol. The summed E-state index contributed by atoms with van der Waals surface area (Å²) in [6.07, 6.45) is 5.56. The molecule has 4 rings (SSSR count). The predicted octanol–water partition coefficient (Wildman–Crippen LogP) is 2.54. The van der Waals surface area contributed by atoms with Crippen LogP contribution >= 0.6 is 11.6 Å². The predicted molar refractivity (Wildman–Crippen MR) is 128 cm³/mol. The lowest BCUT2D eigenvalue weighted by Crippen LogP contribution is -2.48. The van der Waals surface area contributed by atoms with Crippen molar-refractivity contribution in [2.75, 3.05) is 52.2 Å². The summed E-state index contributed by atoms with van der Waals surface area (Å²) in [7, 11) is 1.51. The molecule has 0 aliphatic carbocycles. The molecule has 33 heavy (non-hydrogen) atoms. The van der Waals surface area contributed by atoms with E-state index in [9.17, 15) is 9.59 Å². The van der Waals surface area contributed by atoms with Crippen LogP contribution in [0.25, 0.3) is 0 Å². The highest BCUT2D eigenvalue weighted by Gasteiger charge is 2.32. The number of piperidine rings is 2. The lowest BCUT2D eigenvalue weighted by Gasteiger charge is -2.38. The van der Waals surface area contributed by atoms with Gasteiger partial charge in [-0.1, -0.05) is 11.6 Å². The van der Waals surface area contributed by atoms with Gasteiger partial charge in [-0.3, -0.25) is 9.59 Å². The monoisotopic (exact) mass is 478 g/mol. The molecule has 0 spiro atoms. The molecule has 3 N–H and O–H groups in total. The van der Waals surface area contributed by atoms with E-state index in [1.165, 1.54) is 7.11 Å². The van der Waals surface area contributed by atoms with Crippen LogP contribution in [0, 0.1) is 5.92 Å². The van der Waals surface area contributed by atoms with E-state index in [0.29, 0.717) is 34.5 Å². The highest BCUT2D eigenvalue weighted by molar-refractivity contribution is 6.33. The number of anilines is 1. The molecule has 1 atom stereocenters. The normalized spacial score (nSPS) is 23.0. The summed E-state index contributed by atoms with van der Waals surface area (Å²) >= 11 is 6.11. The zero-order valence-electron chi connectivity index (χ0n) is 19.4. The lowest BCUT2D eigenvalue weighted by molar-refractivity contribution is -0.142. The molecule has 2 amide bonds. The molecule has 1 aromatic rings. The van der Waals surface area contributed by atoms with Crippen LogP contribution in [0.3, 0.4) is 0 Å². The lowest BCUT2D eigenvalue weighted by atomic mass is 9.94. The Morgan fingerprint density at radius 2 is 1.88 bits per heavy atom. The quantitative estimate of drug-likeness (QED) is 0.610. The molecule has 0 aromatic heterocycles. The number of nitrogen functional groups attached to an aromatic ring is 1. The van der Waals surface area contributed by atoms with E-state index in [-0.39, 0.29) is 24.0 Å². The Labute approximate surface area is 200 Å². The third-order valence-corrected chi connectivity index (χ3v) is 7.46. The summed E-state index contributed by atoms with van der Waals surface area (Å²) in [4.78, 5) is 29.8. The number of carbonyl (C=O) groups excluding carboxylic acids is 2. The van der Waals surface area contributed by atoms with E-state index in [4.69, 9.17) is 26.8 Å². The van der Waals surface area contributed by atoms with Gasteiger partial charge >= 0.3 is 0 Å². The zero-order valence-corrected chi connectivity index (χ0v) is 20.1. The molecule has 1 aromatic carbocycles. The topological polar surface area (TPSA) is 97.1 Å². The van der Waals surface area contributed by atoms with Gasteiger partial charge in [-0.2, -0.15) is 0 Å². The summed E-state index contributed by atoms with van der Waals surface area (Å²) in [6.45, 7) is 5.36. The van der Waals surface area contributed by atoms with Crippen LogP contribution in [-0.4, -0.2) is 80.2 Å². The molecule has 182 valence electrons. The summed E-state index contributed by atoms with van der Waals surface area (Å²) in [5.74, 6) is 1.04. The molecule has 8 nitrogen and oxygen atoms in total. The summed E-state index contributed by atoms with van der Waals surface area (Å²) in [5, 5.41) is 3.47. The van der Waals surface area contributed by atoms with Crippen molar-refractivity contribution in [3.05, 3.63) is 22.7 Å². The number of hydrogen-bond donors (Lipinski definition) is 2. The Morgan fingerprint density at radius 3 is 2.52 bits per heavy atom. The van der Waals surface area contributed by atoms with E-state index in [1.54, 1.807) is 12.1 Å². The van der Waals surface area contributed by atoms with Gasteiger partial charge in [0, 0.05) is 51.4 Å². The van der Waals surface area contributed by atoms with Gasteiger partial charge < -0.3 is 30.3 Å². The molecule has 9 heteroatoms. The first-order valence-corrected chi connectivity index (χ1v) is 12.4. The number of nitrogens with zero attached hydrogens (tertiary/aromatic N) is 2. The molecule has 3 heterocycles. The largest absolute Gasteiger partial charge is 0.496 e. The van der Waals surface area contributed by atoms with Crippen molar-refractivity contribution >= 4 is 29.1 Å². The van der Waals surface area contributed by atoms with Gasteiger partial charge in [0.1, 0.15) is 11.9 Å². The highest BCUT2D eigenvalue weighted by atomic mass is 35.5. The van der Waals surface area contributed by atoms with Gasteiger partial charge in [0.15, 0.2) is 0 Å². The number of nitrogens with two attached hydrogens (primary N) is 1. The highest BCUT2D eigenvalue weighted by Crippen LogP contribution is 2.29. The number of amides is 2. The van der Waals surface area contributed by atoms with Crippen LogP contribution in [0.1, 0.15) is 48.9 Å². The van der Waals surface area contributed by atoms with E-state index in [2.05, 4.69) is 10.2 Å². The maximum absolute atomic E-state index is 12.8. The van der Waals surface area contributed by atoms with Crippen molar-refractivity contribution in [2.24, 2.45) is 5.92 Å². The van der Waals surface area contributed by atoms with Crippen molar-refractivity contribution < 1.29 is 19.1 Å². The Balaban J connectivity index is 1.19. The second-order valence-corrected chi connectivity index (χ2v) is 9.80. The Bertz CT molecular complexity index is 845.